The van der Waals surface area contributed by atoms with Crippen molar-refractivity contribution in [3.63, 3.8) is 0 Å². The molecule has 0 atom stereocenters. The van der Waals surface area contributed by atoms with Gasteiger partial charge in [-0.3, -0.25) is 0 Å². The van der Waals surface area contributed by atoms with Crippen molar-refractivity contribution in [3.05, 3.63) is 55.9 Å². The van der Waals surface area contributed by atoms with Gasteiger partial charge >= 0.3 is 0 Å². The molecule has 2 heterocycles. The van der Waals surface area contributed by atoms with Crippen LogP contribution in [0, 0.1) is 0 Å². The van der Waals surface area contributed by atoms with E-state index in [2.05, 4.69) is 38.3 Å². The van der Waals surface area contributed by atoms with Crippen LogP contribution in [-0.4, -0.2) is 14.8 Å². The molecule has 4 nitrogen and oxygen atoms in total. The first-order valence-electron chi connectivity index (χ1n) is 6.76. The van der Waals surface area contributed by atoms with Crippen LogP contribution in [0.3, 0.4) is 0 Å². The largest absolute Gasteiger partial charge is 0.484 e. The van der Waals surface area contributed by atoms with Gasteiger partial charge in [-0.25, -0.2) is 0 Å². The molecule has 120 valence electrons. The molecular weight excluding hydrogens is 418 g/mol. The van der Waals surface area contributed by atoms with Gasteiger partial charge in [-0.15, -0.1) is 21.5 Å². The molecule has 0 unspecified atom stereocenters. The minimum atomic E-state index is 0.332. The molecule has 0 fully saturated rings. The van der Waals surface area contributed by atoms with Gasteiger partial charge < -0.3 is 9.30 Å². The molecule has 0 aliphatic heterocycles. The van der Waals surface area contributed by atoms with E-state index < -0.39 is 0 Å². The molecule has 3 aromatic rings. The maximum atomic E-state index is 6.08. The molecule has 8 heteroatoms. The number of benzene rings is 1. The molecule has 0 amide bonds. The van der Waals surface area contributed by atoms with Crippen molar-refractivity contribution in [2.45, 2.75) is 17.5 Å². The first-order chi connectivity index (χ1) is 11.1. The zero-order valence-corrected chi connectivity index (χ0v) is 16.2. The summed E-state index contributed by atoms with van der Waals surface area (Å²) in [4.78, 5) is 1.29. The number of nitrogens with zero attached hydrogens (tertiary/aromatic N) is 3. The van der Waals surface area contributed by atoms with Crippen molar-refractivity contribution in [1.29, 1.82) is 0 Å². The van der Waals surface area contributed by atoms with Gasteiger partial charge in [0.2, 0.25) is 0 Å². The molecule has 0 N–H and O–H groups in total. The summed E-state index contributed by atoms with van der Waals surface area (Å²) in [6.45, 7) is 0.332. The van der Waals surface area contributed by atoms with Gasteiger partial charge in [-0.2, -0.15) is 0 Å². The van der Waals surface area contributed by atoms with Crippen LogP contribution in [0.2, 0.25) is 5.02 Å². The van der Waals surface area contributed by atoms with Crippen LogP contribution < -0.4 is 4.74 Å². The zero-order valence-electron chi connectivity index (χ0n) is 12.2. The third-order valence-electron chi connectivity index (χ3n) is 3.09. The number of para-hydroxylation sites is 1. The Labute approximate surface area is 156 Å². The van der Waals surface area contributed by atoms with E-state index in [0.717, 1.165) is 20.5 Å². The van der Waals surface area contributed by atoms with E-state index in [9.17, 15) is 0 Å². The minimum absolute atomic E-state index is 0.332. The average Bonchev–Trinajstić information content (AvgIpc) is 3.11. The van der Waals surface area contributed by atoms with E-state index in [0.29, 0.717) is 17.4 Å². The van der Waals surface area contributed by atoms with Crippen LogP contribution in [0.25, 0.3) is 0 Å². The van der Waals surface area contributed by atoms with E-state index in [4.69, 9.17) is 16.3 Å². The fourth-order valence-electron chi connectivity index (χ4n) is 1.87. The standard InChI is InChI=1S/C15H13BrClN3OS2/c1-20-14(8-21-12-5-3-2-4-11(12)17)18-19-15(20)22-9-10-6-7-13(16)23-10/h2-7H,8-9H2,1H3. The normalized spacial score (nSPS) is 10.9. The van der Waals surface area contributed by atoms with E-state index >= 15 is 0 Å². The lowest BCUT2D eigenvalue weighted by Gasteiger charge is -2.07. The summed E-state index contributed by atoms with van der Waals surface area (Å²) in [6.07, 6.45) is 0. The molecule has 0 saturated carbocycles. The van der Waals surface area contributed by atoms with Crippen molar-refractivity contribution in [3.8, 4) is 5.75 Å². The maximum Gasteiger partial charge on any atom is 0.191 e. The summed E-state index contributed by atoms with van der Waals surface area (Å²) >= 11 is 12.9. The third kappa shape index (κ3) is 4.29. The van der Waals surface area contributed by atoms with Crippen LogP contribution in [0.5, 0.6) is 5.75 Å². The smallest absolute Gasteiger partial charge is 0.191 e. The van der Waals surface area contributed by atoms with Gasteiger partial charge in [-0.1, -0.05) is 35.5 Å². The highest BCUT2D eigenvalue weighted by atomic mass is 79.9. The molecule has 2 aromatic heterocycles. The average molecular weight is 431 g/mol. The van der Waals surface area contributed by atoms with Gasteiger partial charge in [0.25, 0.3) is 0 Å². The number of halogens is 2. The van der Waals surface area contributed by atoms with E-state index in [-0.39, 0.29) is 0 Å². The fourth-order valence-corrected chi connectivity index (χ4v) is 4.51. The Morgan fingerprint density at radius 3 is 2.83 bits per heavy atom. The lowest BCUT2D eigenvalue weighted by Crippen LogP contribution is -2.04. The highest BCUT2D eigenvalue weighted by Crippen LogP contribution is 2.29. The Hall–Kier alpha value is -1.02. The molecule has 0 saturated heterocycles. The summed E-state index contributed by atoms with van der Waals surface area (Å²) in [5.41, 5.74) is 0. The predicted octanol–water partition coefficient (Wildman–Crippen LogP) is 5.16. The Kier molecular flexibility index (Phi) is 5.63. The number of rotatable bonds is 6. The van der Waals surface area contributed by atoms with Crippen LogP contribution in [-0.2, 0) is 19.4 Å². The topological polar surface area (TPSA) is 39.9 Å². The maximum absolute atomic E-state index is 6.08. The van der Waals surface area contributed by atoms with Crippen LogP contribution in [0.15, 0.2) is 45.3 Å². The Balaban J connectivity index is 1.61. The summed E-state index contributed by atoms with van der Waals surface area (Å²) < 4.78 is 8.80. The van der Waals surface area contributed by atoms with Crippen molar-refractivity contribution < 1.29 is 4.74 Å². The lowest BCUT2D eigenvalue weighted by molar-refractivity contribution is 0.290. The highest BCUT2D eigenvalue weighted by Gasteiger charge is 2.11. The van der Waals surface area contributed by atoms with Crippen LogP contribution in [0.4, 0.5) is 0 Å². The molecule has 0 spiro atoms. The van der Waals surface area contributed by atoms with Crippen molar-refractivity contribution in [2.75, 3.05) is 0 Å². The molecule has 0 aliphatic rings. The Morgan fingerprint density at radius 2 is 2.09 bits per heavy atom. The predicted molar refractivity (Wildman–Crippen MR) is 98.4 cm³/mol. The molecule has 0 aliphatic carbocycles. The van der Waals surface area contributed by atoms with E-state index in [1.54, 1.807) is 29.2 Å². The highest BCUT2D eigenvalue weighted by molar-refractivity contribution is 9.11. The van der Waals surface area contributed by atoms with E-state index in [1.165, 1.54) is 4.88 Å². The number of thioether (sulfide) groups is 1. The monoisotopic (exact) mass is 429 g/mol. The van der Waals surface area contributed by atoms with Crippen LogP contribution in [0.1, 0.15) is 10.7 Å². The van der Waals surface area contributed by atoms with Gasteiger partial charge in [0.1, 0.15) is 12.4 Å². The van der Waals surface area contributed by atoms with Crippen LogP contribution >= 0.6 is 50.6 Å². The Morgan fingerprint density at radius 1 is 1.26 bits per heavy atom. The van der Waals surface area contributed by atoms with Crippen molar-refractivity contribution in [1.82, 2.24) is 14.8 Å². The minimum Gasteiger partial charge on any atom is -0.484 e. The van der Waals surface area contributed by atoms with Gasteiger partial charge in [0.05, 0.1) is 8.81 Å². The van der Waals surface area contributed by atoms with Gasteiger partial charge in [0.15, 0.2) is 11.0 Å². The fraction of sp³-hybridized carbons (Fsp3) is 0.200. The van der Waals surface area contributed by atoms with Gasteiger partial charge in [-0.05, 0) is 40.2 Å². The second kappa shape index (κ2) is 7.70. The summed E-state index contributed by atoms with van der Waals surface area (Å²) in [5.74, 6) is 2.28. The number of aromatic nitrogens is 3. The second-order valence-electron chi connectivity index (χ2n) is 4.67. The molecule has 1 aromatic carbocycles. The molecular formula is C15H13BrClN3OS2. The first kappa shape index (κ1) is 16.8. The van der Waals surface area contributed by atoms with E-state index in [1.807, 2.05) is 29.8 Å². The Bertz CT molecular complexity index is 806. The van der Waals surface area contributed by atoms with Crippen molar-refractivity contribution in [2.24, 2.45) is 7.05 Å². The summed E-state index contributed by atoms with van der Waals surface area (Å²) in [6, 6.07) is 11.6. The SMILES string of the molecule is Cn1c(COc2ccccc2Cl)nnc1SCc1ccc(Br)s1. The second-order valence-corrected chi connectivity index (χ2v) is 8.57. The number of thiophene rings is 1. The zero-order chi connectivity index (χ0) is 16.2. The van der Waals surface area contributed by atoms with Gasteiger partial charge in [0, 0.05) is 17.7 Å². The first-order valence-corrected chi connectivity index (χ1v) is 9.73. The number of ether oxygens (including phenoxy) is 1. The summed E-state index contributed by atoms with van der Waals surface area (Å²) in [5, 5.41) is 9.88. The molecule has 0 radical (unpaired) electrons. The molecule has 23 heavy (non-hydrogen) atoms. The number of hydrogen-bond acceptors (Lipinski definition) is 5. The molecule has 0 bridgehead atoms. The number of hydrogen-bond donors (Lipinski definition) is 0. The third-order valence-corrected chi connectivity index (χ3v) is 6.28. The lowest BCUT2D eigenvalue weighted by atomic mass is 10.3. The summed E-state index contributed by atoms with van der Waals surface area (Å²) in [7, 11) is 1.94. The molecule has 3 rings (SSSR count). The quantitative estimate of drug-likeness (QED) is 0.506. The van der Waals surface area contributed by atoms with Crippen molar-refractivity contribution >= 4 is 50.6 Å².